The number of esters is 1. The number of carbonyl (C=O) groups excluding carboxylic acids is 2. The fraction of sp³-hybridized carbons (Fsp3) is 0.640. The maximum Gasteiger partial charge on any atom is 0.412 e. The number of anilines is 1. The van der Waals surface area contributed by atoms with Crippen LogP contribution in [0.3, 0.4) is 0 Å². The van der Waals surface area contributed by atoms with E-state index in [2.05, 4.69) is 33.1 Å². The Morgan fingerprint density at radius 3 is 2.68 bits per heavy atom. The van der Waals surface area contributed by atoms with Gasteiger partial charge in [-0.1, -0.05) is 51.4 Å². The highest BCUT2D eigenvalue weighted by Crippen LogP contribution is 2.40. The Balaban J connectivity index is 1.71. The van der Waals surface area contributed by atoms with Gasteiger partial charge in [-0.15, -0.1) is 6.42 Å². The molecule has 0 aromatic carbocycles. The number of imidazole rings is 1. The van der Waals surface area contributed by atoms with Crippen molar-refractivity contribution in [3.63, 3.8) is 0 Å². The predicted octanol–water partition coefficient (Wildman–Crippen LogP) is 3.87. The monoisotopic (exact) mass is 519 g/mol. The Kier molecular flexibility index (Phi) is 10.2. The van der Waals surface area contributed by atoms with Gasteiger partial charge in [-0.3, -0.25) is 14.7 Å². The summed E-state index contributed by atoms with van der Waals surface area (Å²) < 4.78 is 32.0. The lowest BCUT2D eigenvalue weighted by molar-refractivity contribution is -0.158. The second-order valence-corrected chi connectivity index (χ2v) is 8.86. The van der Waals surface area contributed by atoms with E-state index in [1.807, 2.05) is 0 Å². The van der Waals surface area contributed by atoms with E-state index < -0.39 is 42.7 Å². The molecule has 3 rings (SSSR count). The molecule has 2 aromatic rings. The van der Waals surface area contributed by atoms with Crippen molar-refractivity contribution < 1.29 is 33.3 Å². The first-order valence-corrected chi connectivity index (χ1v) is 12.7. The van der Waals surface area contributed by atoms with E-state index in [0.717, 1.165) is 19.3 Å². The quantitative estimate of drug-likeness (QED) is 0.175. The third-order valence-corrected chi connectivity index (χ3v) is 6.22. The summed E-state index contributed by atoms with van der Waals surface area (Å²) >= 11 is 0. The predicted molar refractivity (Wildman–Crippen MR) is 132 cm³/mol. The van der Waals surface area contributed by atoms with Crippen LogP contribution in [-0.4, -0.2) is 61.6 Å². The van der Waals surface area contributed by atoms with Crippen LogP contribution in [0.2, 0.25) is 0 Å². The summed E-state index contributed by atoms with van der Waals surface area (Å²) in [5.41, 5.74) is -1.48. The Morgan fingerprint density at radius 2 is 2.00 bits per heavy atom. The van der Waals surface area contributed by atoms with Crippen LogP contribution in [0.15, 0.2) is 6.33 Å². The van der Waals surface area contributed by atoms with Crippen molar-refractivity contribution in [2.45, 2.75) is 89.6 Å². The summed E-state index contributed by atoms with van der Waals surface area (Å²) in [6.07, 6.45) is 11.0. The molecule has 0 spiro atoms. The first-order chi connectivity index (χ1) is 17.9. The normalized spacial score (nSPS) is 21.1. The van der Waals surface area contributed by atoms with Crippen LogP contribution in [0.25, 0.3) is 11.2 Å². The number of carbonyl (C=O) groups is 2. The summed E-state index contributed by atoms with van der Waals surface area (Å²) in [5, 5.41) is 12.4. The highest BCUT2D eigenvalue weighted by molar-refractivity contribution is 5.93. The van der Waals surface area contributed by atoms with Gasteiger partial charge in [0.05, 0.1) is 19.5 Å². The molecule has 11 nitrogen and oxygen atoms in total. The molecule has 1 amide bonds. The van der Waals surface area contributed by atoms with Crippen LogP contribution in [0.1, 0.15) is 77.9 Å². The Bertz CT molecular complexity index is 1120. The fourth-order valence-corrected chi connectivity index (χ4v) is 4.26. The fourth-order valence-electron chi connectivity index (χ4n) is 4.26. The Labute approximate surface area is 215 Å². The van der Waals surface area contributed by atoms with E-state index in [0.29, 0.717) is 6.42 Å². The number of hydrogen-bond acceptors (Lipinski definition) is 9. The molecule has 1 aliphatic rings. The summed E-state index contributed by atoms with van der Waals surface area (Å²) in [5.74, 6) is 1.81. The number of aliphatic hydroxyl groups is 1. The summed E-state index contributed by atoms with van der Waals surface area (Å²) in [6, 6.07) is 0. The molecule has 1 aliphatic heterocycles. The summed E-state index contributed by atoms with van der Waals surface area (Å²) in [6.45, 7) is 3.30. The van der Waals surface area contributed by atoms with Crippen LogP contribution < -0.4 is 5.32 Å². The number of hydrogen-bond donors (Lipinski definition) is 2. The minimum absolute atomic E-state index is 0.0169. The van der Waals surface area contributed by atoms with Crippen LogP contribution in [-0.2, 0) is 19.0 Å². The lowest BCUT2D eigenvalue weighted by Crippen LogP contribution is -2.44. The molecule has 3 heterocycles. The third-order valence-electron chi connectivity index (χ3n) is 6.22. The van der Waals surface area contributed by atoms with Gasteiger partial charge >= 0.3 is 18.1 Å². The van der Waals surface area contributed by atoms with E-state index in [1.54, 1.807) is 6.92 Å². The molecule has 202 valence electrons. The van der Waals surface area contributed by atoms with Gasteiger partial charge in [0.25, 0.3) is 0 Å². The number of unbranched alkanes of at least 4 members (excludes halogenated alkanes) is 6. The lowest BCUT2D eigenvalue weighted by Gasteiger charge is -2.26. The van der Waals surface area contributed by atoms with Crippen LogP contribution in [0.4, 0.5) is 15.0 Å². The topological polar surface area (TPSA) is 138 Å². The average molecular weight is 520 g/mol. The van der Waals surface area contributed by atoms with Crippen LogP contribution in [0, 0.1) is 18.4 Å². The lowest BCUT2D eigenvalue weighted by atomic mass is 9.98. The van der Waals surface area contributed by atoms with Crippen molar-refractivity contribution in [2.24, 2.45) is 0 Å². The van der Waals surface area contributed by atoms with Gasteiger partial charge in [0, 0.05) is 12.8 Å². The smallest absolute Gasteiger partial charge is 0.412 e. The molecule has 1 fully saturated rings. The number of nitrogens with zero attached hydrogens (tertiary/aromatic N) is 4. The van der Waals surface area contributed by atoms with E-state index in [1.165, 1.54) is 30.2 Å². The van der Waals surface area contributed by atoms with Crippen molar-refractivity contribution in [1.29, 1.82) is 0 Å². The summed E-state index contributed by atoms with van der Waals surface area (Å²) in [4.78, 5) is 35.9. The number of fused-ring (bicyclic) bond motifs is 1. The Hall–Kier alpha value is -3.30. The highest BCUT2D eigenvalue weighted by atomic mass is 19.1. The van der Waals surface area contributed by atoms with Gasteiger partial charge in [-0.2, -0.15) is 14.4 Å². The highest BCUT2D eigenvalue weighted by Gasteiger charge is 2.51. The number of halogens is 1. The third kappa shape index (κ3) is 6.93. The number of rotatable bonds is 13. The average Bonchev–Trinajstić information content (AvgIpc) is 3.45. The van der Waals surface area contributed by atoms with E-state index in [9.17, 15) is 19.1 Å². The maximum absolute atomic E-state index is 14.2. The van der Waals surface area contributed by atoms with Crippen molar-refractivity contribution in [3.8, 4) is 12.3 Å². The summed E-state index contributed by atoms with van der Waals surface area (Å²) in [7, 11) is 0. The molecule has 1 saturated heterocycles. The zero-order valence-electron chi connectivity index (χ0n) is 21.2. The first kappa shape index (κ1) is 28.3. The standard InChI is InChI=1S/C25H34FN5O6/c1-4-7-8-9-10-11-12-13-19(33)36-17-14-18(37-25(17,5-2)15-32)31-16-27-20-21(29-24(34)35-6-3)28-23(26)30-22(20)31/h2,16-18,32H,4,6-15H2,1,3H3,(H,28,29,30,34)/t17?,18-,25-/m1/s1. The molecule has 12 heteroatoms. The number of aliphatic hydroxyl groups excluding tert-OH is 1. The SMILES string of the molecule is C#C[C@]1(CO)O[C@@H](n2cnc3c(NC(=O)OCC)nc(F)nc32)CC1OC(=O)CCCCCCCCC. The first-order valence-electron chi connectivity index (χ1n) is 12.7. The molecular formula is C25H34FN5O6. The molecule has 2 N–H and O–H groups in total. The van der Waals surface area contributed by atoms with Crippen molar-refractivity contribution in [1.82, 2.24) is 19.5 Å². The molecule has 1 unspecified atom stereocenters. The second kappa shape index (κ2) is 13.3. The largest absolute Gasteiger partial charge is 0.458 e. The van der Waals surface area contributed by atoms with Gasteiger partial charge in [0.1, 0.15) is 12.3 Å². The second-order valence-electron chi connectivity index (χ2n) is 8.86. The molecule has 0 saturated carbocycles. The van der Waals surface area contributed by atoms with Gasteiger partial charge in [0.2, 0.25) is 0 Å². The van der Waals surface area contributed by atoms with Gasteiger partial charge in [0.15, 0.2) is 22.6 Å². The number of terminal acetylenes is 1. The molecule has 2 aromatic heterocycles. The molecule has 37 heavy (non-hydrogen) atoms. The van der Waals surface area contributed by atoms with Gasteiger partial charge in [-0.25, -0.2) is 9.78 Å². The minimum atomic E-state index is -1.59. The number of amides is 1. The molecule has 0 aliphatic carbocycles. The Morgan fingerprint density at radius 1 is 1.27 bits per heavy atom. The van der Waals surface area contributed by atoms with Gasteiger partial charge in [-0.05, 0) is 13.3 Å². The van der Waals surface area contributed by atoms with Crippen LogP contribution >= 0.6 is 0 Å². The molecule has 0 bridgehead atoms. The van der Waals surface area contributed by atoms with E-state index in [-0.39, 0.29) is 36.4 Å². The van der Waals surface area contributed by atoms with Gasteiger partial charge < -0.3 is 19.3 Å². The molecule has 3 atom stereocenters. The zero-order chi connectivity index (χ0) is 26.8. The van der Waals surface area contributed by atoms with Crippen molar-refractivity contribution in [2.75, 3.05) is 18.5 Å². The number of ether oxygens (including phenoxy) is 3. The van der Waals surface area contributed by atoms with Crippen molar-refractivity contribution >= 4 is 29.0 Å². The van der Waals surface area contributed by atoms with Crippen LogP contribution in [0.5, 0.6) is 0 Å². The van der Waals surface area contributed by atoms with E-state index >= 15 is 0 Å². The maximum atomic E-state index is 14.2. The molecular weight excluding hydrogens is 485 g/mol. The molecule has 0 radical (unpaired) electrons. The minimum Gasteiger partial charge on any atom is -0.458 e. The van der Waals surface area contributed by atoms with Crippen molar-refractivity contribution in [3.05, 3.63) is 12.4 Å². The zero-order valence-corrected chi connectivity index (χ0v) is 21.2. The number of aromatic nitrogens is 4. The number of nitrogens with one attached hydrogen (secondary N) is 1. The van der Waals surface area contributed by atoms with E-state index in [4.69, 9.17) is 20.6 Å².